The number of aliphatic imine (C=N–C) groups is 1. The van der Waals surface area contributed by atoms with Crippen molar-refractivity contribution in [2.75, 3.05) is 7.05 Å². The number of aliphatic hydroxyl groups excluding tert-OH is 1. The van der Waals surface area contributed by atoms with Crippen molar-refractivity contribution >= 4 is 11.6 Å². The summed E-state index contributed by atoms with van der Waals surface area (Å²) in [5.74, 6) is -0.111. The van der Waals surface area contributed by atoms with Crippen molar-refractivity contribution in [3.63, 3.8) is 0 Å². The van der Waals surface area contributed by atoms with Crippen LogP contribution in [0, 0.1) is 0 Å². The third-order valence-corrected chi connectivity index (χ3v) is 4.62. The summed E-state index contributed by atoms with van der Waals surface area (Å²) in [5.41, 5.74) is 3.49. The molecule has 4 heteroatoms. The molecule has 0 saturated carbocycles. The van der Waals surface area contributed by atoms with E-state index in [9.17, 15) is 9.90 Å². The lowest BCUT2D eigenvalue weighted by atomic mass is 9.89. The van der Waals surface area contributed by atoms with Crippen molar-refractivity contribution in [3.8, 4) is 0 Å². The van der Waals surface area contributed by atoms with E-state index in [-0.39, 0.29) is 11.7 Å². The van der Waals surface area contributed by atoms with Crippen LogP contribution < -0.4 is 5.32 Å². The zero-order valence-corrected chi connectivity index (χ0v) is 16.1. The van der Waals surface area contributed by atoms with Gasteiger partial charge in [-0.1, -0.05) is 73.7 Å². The highest BCUT2D eigenvalue weighted by atomic mass is 16.3. The molecule has 0 fully saturated rings. The van der Waals surface area contributed by atoms with E-state index < -0.39 is 6.04 Å². The zero-order chi connectivity index (χ0) is 19.9. The van der Waals surface area contributed by atoms with E-state index in [0.717, 1.165) is 17.6 Å². The number of carbonyl (C=O) groups excluding carboxylic acids is 1. The van der Waals surface area contributed by atoms with Gasteiger partial charge in [-0.25, -0.2) is 0 Å². The number of hydrogen-bond acceptors (Lipinski definition) is 3. The van der Waals surface area contributed by atoms with Gasteiger partial charge in [0.2, 0.25) is 0 Å². The molecule has 0 aromatic heterocycles. The lowest BCUT2D eigenvalue weighted by molar-refractivity contribution is 0.0942. The topological polar surface area (TPSA) is 61.7 Å². The van der Waals surface area contributed by atoms with Crippen molar-refractivity contribution in [1.82, 2.24) is 5.32 Å². The first-order chi connectivity index (χ1) is 13.7. The zero-order valence-electron chi connectivity index (χ0n) is 16.1. The monoisotopic (exact) mass is 372 g/mol. The van der Waals surface area contributed by atoms with Crippen molar-refractivity contribution < 1.29 is 9.90 Å². The number of nitrogens with zero attached hydrogens (tertiary/aromatic N) is 1. The van der Waals surface area contributed by atoms with Crippen molar-refractivity contribution in [2.45, 2.75) is 19.4 Å². The van der Waals surface area contributed by atoms with Gasteiger partial charge in [0, 0.05) is 18.2 Å². The Balaban J connectivity index is 2.03. The summed E-state index contributed by atoms with van der Waals surface area (Å²) in [5, 5.41) is 14.0. The Morgan fingerprint density at radius 2 is 1.71 bits per heavy atom. The standard InChI is InChI=1S/C24H24N2O2/c1-3-10-17-15-16-20(23(27)22(17)25-2)21(18-11-6-4-7-12-18)26-24(28)19-13-8-5-9-14-19/h4-16,21,27H,3H2,1-2H3,(H,26,28)/b17-10-,25-22?. The summed E-state index contributed by atoms with van der Waals surface area (Å²) >= 11 is 0. The molecule has 0 aliphatic heterocycles. The Morgan fingerprint density at radius 3 is 2.32 bits per heavy atom. The number of allylic oxidation sites excluding steroid dienone is 3. The van der Waals surface area contributed by atoms with Gasteiger partial charge >= 0.3 is 0 Å². The first-order valence-electron chi connectivity index (χ1n) is 9.35. The number of benzene rings is 2. The second-order valence-electron chi connectivity index (χ2n) is 6.46. The van der Waals surface area contributed by atoms with Gasteiger partial charge in [0.25, 0.3) is 5.91 Å². The quantitative estimate of drug-likeness (QED) is 0.780. The minimum Gasteiger partial charge on any atom is -0.505 e. The van der Waals surface area contributed by atoms with Gasteiger partial charge in [-0.15, -0.1) is 0 Å². The molecule has 2 aromatic rings. The Bertz CT molecular complexity index is 955. The molecule has 1 aliphatic carbocycles. The second kappa shape index (κ2) is 9.00. The van der Waals surface area contributed by atoms with E-state index in [2.05, 4.69) is 10.3 Å². The molecule has 28 heavy (non-hydrogen) atoms. The molecular weight excluding hydrogens is 348 g/mol. The van der Waals surface area contributed by atoms with Gasteiger partial charge in [-0.3, -0.25) is 9.79 Å². The van der Waals surface area contributed by atoms with Crippen molar-refractivity contribution in [2.24, 2.45) is 4.99 Å². The minimum atomic E-state index is -0.495. The third-order valence-electron chi connectivity index (χ3n) is 4.62. The number of amides is 1. The number of aliphatic hydroxyl groups is 1. The maximum Gasteiger partial charge on any atom is 0.252 e. The number of carbonyl (C=O) groups is 1. The Morgan fingerprint density at radius 1 is 1.07 bits per heavy atom. The highest BCUT2D eigenvalue weighted by Crippen LogP contribution is 2.30. The fourth-order valence-corrected chi connectivity index (χ4v) is 3.25. The summed E-state index contributed by atoms with van der Waals surface area (Å²) in [6, 6.07) is 18.2. The molecule has 0 radical (unpaired) electrons. The fraction of sp³-hybridized carbons (Fsp3) is 0.167. The van der Waals surface area contributed by atoms with Crippen molar-refractivity contribution in [3.05, 3.63) is 107 Å². The number of nitrogens with one attached hydrogen (secondary N) is 1. The second-order valence-corrected chi connectivity index (χ2v) is 6.46. The highest BCUT2D eigenvalue weighted by Gasteiger charge is 2.26. The average Bonchev–Trinajstić information content (AvgIpc) is 2.74. The Kier molecular flexibility index (Phi) is 6.22. The predicted octanol–water partition coefficient (Wildman–Crippen LogP) is 4.95. The first kappa shape index (κ1) is 19.4. The largest absolute Gasteiger partial charge is 0.505 e. The van der Waals surface area contributed by atoms with Crippen LogP contribution in [0.25, 0.3) is 0 Å². The molecule has 2 N–H and O–H groups in total. The molecule has 1 unspecified atom stereocenters. The molecule has 142 valence electrons. The van der Waals surface area contributed by atoms with Gasteiger partial charge < -0.3 is 10.4 Å². The van der Waals surface area contributed by atoms with Crippen LogP contribution in [-0.4, -0.2) is 23.8 Å². The SMILES string of the molecule is CC/C=C1/C=CC(C(NC(=O)c2ccccc2)c2ccccc2)=C(O)C1=NC. The van der Waals surface area contributed by atoms with Crippen LogP contribution in [0.2, 0.25) is 0 Å². The normalized spacial score (nSPS) is 17.8. The van der Waals surface area contributed by atoms with Gasteiger partial charge in [0.1, 0.15) is 11.5 Å². The molecule has 1 atom stereocenters. The van der Waals surface area contributed by atoms with E-state index in [1.54, 1.807) is 19.2 Å². The van der Waals surface area contributed by atoms with Gasteiger partial charge in [0.15, 0.2) is 0 Å². The summed E-state index contributed by atoms with van der Waals surface area (Å²) in [4.78, 5) is 17.1. The van der Waals surface area contributed by atoms with Crippen LogP contribution in [0.15, 0.2) is 101 Å². The smallest absolute Gasteiger partial charge is 0.252 e. The van der Waals surface area contributed by atoms with E-state index in [1.165, 1.54) is 0 Å². The molecule has 0 spiro atoms. The van der Waals surface area contributed by atoms with E-state index in [0.29, 0.717) is 16.8 Å². The summed E-state index contributed by atoms with van der Waals surface area (Å²) < 4.78 is 0. The molecular formula is C24H24N2O2. The first-order valence-corrected chi connectivity index (χ1v) is 9.35. The maximum atomic E-state index is 12.8. The minimum absolute atomic E-state index is 0.0897. The Hall–Kier alpha value is -3.40. The predicted molar refractivity (Wildman–Crippen MR) is 114 cm³/mol. The van der Waals surface area contributed by atoms with Crippen molar-refractivity contribution in [1.29, 1.82) is 0 Å². The molecule has 2 aromatic carbocycles. The lowest BCUT2D eigenvalue weighted by Crippen LogP contribution is -2.31. The third kappa shape index (κ3) is 4.12. The van der Waals surface area contributed by atoms with Crippen LogP contribution >= 0.6 is 0 Å². The maximum absolute atomic E-state index is 12.8. The van der Waals surface area contributed by atoms with E-state index >= 15 is 0 Å². The van der Waals surface area contributed by atoms with Gasteiger partial charge in [0.05, 0.1) is 6.04 Å². The summed E-state index contributed by atoms with van der Waals surface area (Å²) in [6.45, 7) is 2.04. The average molecular weight is 372 g/mol. The van der Waals surface area contributed by atoms with Gasteiger partial charge in [-0.2, -0.15) is 0 Å². The highest BCUT2D eigenvalue weighted by molar-refractivity contribution is 6.14. The lowest BCUT2D eigenvalue weighted by Gasteiger charge is -2.25. The van der Waals surface area contributed by atoms with Crippen LogP contribution in [-0.2, 0) is 0 Å². The van der Waals surface area contributed by atoms with Crippen LogP contribution in [0.1, 0.15) is 35.3 Å². The molecule has 0 bridgehead atoms. The molecule has 1 amide bonds. The van der Waals surface area contributed by atoms with Crippen LogP contribution in [0.3, 0.4) is 0 Å². The molecule has 0 saturated heterocycles. The molecule has 1 aliphatic rings. The van der Waals surface area contributed by atoms with Crippen LogP contribution in [0.4, 0.5) is 0 Å². The molecule has 0 heterocycles. The van der Waals surface area contributed by atoms with E-state index in [4.69, 9.17) is 0 Å². The molecule has 4 nitrogen and oxygen atoms in total. The summed E-state index contributed by atoms with van der Waals surface area (Å²) in [6.07, 6.45) is 6.65. The van der Waals surface area contributed by atoms with Gasteiger partial charge in [-0.05, 0) is 29.7 Å². The number of rotatable bonds is 5. The van der Waals surface area contributed by atoms with E-state index in [1.807, 2.05) is 73.7 Å². The number of hydrogen-bond donors (Lipinski definition) is 2. The molecule has 3 rings (SSSR count). The fourth-order valence-electron chi connectivity index (χ4n) is 3.25. The summed E-state index contributed by atoms with van der Waals surface area (Å²) in [7, 11) is 1.66. The Labute approximate surface area is 165 Å². The van der Waals surface area contributed by atoms with Crippen LogP contribution in [0.5, 0.6) is 0 Å².